The Morgan fingerprint density at radius 3 is 2.49 bits per heavy atom. The van der Waals surface area contributed by atoms with Crippen LogP contribution in [0, 0.1) is 5.82 Å². The van der Waals surface area contributed by atoms with Gasteiger partial charge in [-0.3, -0.25) is 14.5 Å². The molecule has 1 aromatic heterocycles. The number of nitrogens with zero attached hydrogens (tertiary/aromatic N) is 1. The number of esters is 1. The third kappa shape index (κ3) is 4.08. The van der Waals surface area contributed by atoms with E-state index in [0.29, 0.717) is 16.8 Å². The van der Waals surface area contributed by atoms with Crippen molar-refractivity contribution in [3.63, 3.8) is 0 Å². The van der Waals surface area contributed by atoms with Gasteiger partial charge in [-0.15, -0.1) is 0 Å². The molecule has 1 amide bonds. The van der Waals surface area contributed by atoms with E-state index in [1.807, 2.05) is 0 Å². The average Bonchev–Trinajstić information content (AvgIpc) is 3.18. The number of benzene rings is 3. The van der Waals surface area contributed by atoms with Gasteiger partial charge < -0.3 is 19.0 Å². The lowest BCUT2D eigenvalue weighted by Crippen LogP contribution is -2.29. The minimum atomic E-state index is -0.973. The molecule has 188 valence electrons. The van der Waals surface area contributed by atoms with Crippen molar-refractivity contribution in [2.75, 3.05) is 18.1 Å². The first kappa shape index (κ1) is 24.1. The van der Waals surface area contributed by atoms with Crippen molar-refractivity contribution in [2.24, 2.45) is 0 Å². The fraction of sp³-hybridized carbons (Fsp3) is 0.179. The summed E-state index contributed by atoms with van der Waals surface area (Å²) in [5.74, 6) is -1.81. The number of hydrogen-bond acceptors (Lipinski definition) is 7. The average molecular weight is 503 g/mol. The van der Waals surface area contributed by atoms with Gasteiger partial charge in [-0.1, -0.05) is 6.07 Å². The molecule has 0 radical (unpaired) electrons. The third-order valence-corrected chi connectivity index (χ3v) is 6.09. The molecule has 0 aliphatic carbocycles. The van der Waals surface area contributed by atoms with E-state index in [1.54, 1.807) is 38.1 Å². The molecule has 0 spiro atoms. The molecule has 0 bridgehead atoms. The number of rotatable bonds is 6. The van der Waals surface area contributed by atoms with Crippen LogP contribution >= 0.6 is 0 Å². The van der Waals surface area contributed by atoms with E-state index in [1.165, 1.54) is 29.2 Å². The van der Waals surface area contributed by atoms with Crippen molar-refractivity contribution in [2.45, 2.75) is 19.9 Å². The molecule has 0 fully saturated rings. The molecule has 1 aliphatic heterocycles. The maximum absolute atomic E-state index is 14.0. The molecule has 9 heteroatoms. The summed E-state index contributed by atoms with van der Waals surface area (Å²) in [4.78, 5) is 40.8. The molecule has 5 rings (SSSR count). The molecule has 8 nitrogen and oxygen atoms in total. The smallest absolute Gasteiger partial charge is 0.338 e. The number of fused-ring (bicyclic) bond motifs is 2. The third-order valence-electron chi connectivity index (χ3n) is 6.09. The molecule has 1 N–H and O–H groups in total. The SMILES string of the molecule is CCOC(=O)c1ccc(N2C(=O)c3oc4ccc(F)cc4c(=O)c3C2c2ccc(O)c(OCC)c2)cc1. The van der Waals surface area contributed by atoms with Crippen LogP contribution in [0.5, 0.6) is 11.5 Å². The molecule has 2 heterocycles. The van der Waals surface area contributed by atoms with Crippen molar-refractivity contribution in [3.05, 3.63) is 99.2 Å². The maximum atomic E-state index is 14.0. The molecule has 3 aromatic carbocycles. The van der Waals surface area contributed by atoms with Crippen LogP contribution in [0.1, 0.15) is 51.9 Å². The molecule has 1 atom stereocenters. The second-order valence-corrected chi connectivity index (χ2v) is 8.32. The topological polar surface area (TPSA) is 106 Å². The molecular weight excluding hydrogens is 481 g/mol. The Labute approximate surface area is 210 Å². The summed E-state index contributed by atoms with van der Waals surface area (Å²) in [5, 5.41) is 10.2. The molecule has 0 saturated carbocycles. The number of anilines is 1. The molecule has 0 saturated heterocycles. The molecular formula is C28H22FNO7. The zero-order valence-electron chi connectivity index (χ0n) is 20.0. The summed E-state index contributed by atoms with van der Waals surface area (Å²) in [5.41, 5.74) is 0.708. The Hall–Kier alpha value is -4.66. The van der Waals surface area contributed by atoms with Gasteiger partial charge in [0.1, 0.15) is 11.4 Å². The van der Waals surface area contributed by atoms with E-state index in [2.05, 4.69) is 0 Å². The first-order valence-electron chi connectivity index (χ1n) is 11.7. The first-order chi connectivity index (χ1) is 17.8. The lowest BCUT2D eigenvalue weighted by atomic mass is 9.97. The van der Waals surface area contributed by atoms with Gasteiger partial charge in [0.05, 0.1) is 35.8 Å². The van der Waals surface area contributed by atoms with E-state index in [9.17, 15) is 23.9 Å². The number of hydrogen-bond donors (Lipinski definition) is 1. The van der Waals surface area contributed by atoms with Gasteiger partial charge in [0.25, 0.3) is 5.91 Å². The standard InChI is InChI=1S/C28H22FNO7/c1-3-35-22-13-16(7-11-20(22)31)24-23-25(32)19-14-17(29)8-12-21(19)37-26(23)27(33)30(24)18-9-5-15(6-10-18)28(34)36-4-2/h5-14,24,31H,3-4H2,1-2H3. The second kappa shape index (κ2) is 9.42. The number of aromatic hydroxyl groups is 1. The number of phenols is 1. The highest BCUT2D eigenvalue weighted by Gasteiger charge is 2.44. The van der Waals surface area contributed by atoms with Gasteiger partial charge in [0.15, 0.2) is 16.9 Å². The molecule has 37 heavy (non-hydrogen) atoms. The van der Waals surface area contributed by atoms with Crippen molar-refractivity contribution in [3.8, 4) is 11.5 Å². The summed E-state index contributed by atoms with van der Waals surface area (Å²) in [6.45, 7) is 3.95. The highest BCUT2D eigenvalue weighted by molar-refractivity contribution is 6.10. The summed E-state index contributed by atoms with van der Waals surface area (Å²) in [6, 6.07) is 13.2. The number of amides is 1. The van der Waals surface area contributed by atoms with Crippen LogP contribution in [-0.2, 0) is 4.74 Å². The quantitative estimate of drug-likeness (QED) is 0.371. The minimum Gasteiger partial charge on any atom is -0.504 e. The highest BCUT2D eigenvalue weighted by atomic mass is 19.1. The monoisotopic (exact) mass is 503 g/mol. The van der Waals surface area contributed by atoms with Crippen LogP contribution in [-0.4, -0.2) is 30.2 Å². The van der Waals surface area contributed by atoms with Crippen LogP contribution in [0.3, 0.4) is 0 Å². The van der Waals surface area contributed by atoms with Crippen molar-refractivity contribution in [1.82, 2.24) is 0 Å². The fourth-order valence-corrected chi connectivity index (χ4v) is 4.47. The summed E-state index contributed by atoms with van der Waals surface area (Å²) in [7, 11) is 0. The zero-order chi connectivity index (χ0) is 26.3. The normalized spacial score (nSPS) is 14.6. The predicted octanol–water partition coefficient (Wildman–Crippen LogP) is 4.96. The highest BCUT2D eigenvalue weighted by Crippen LogP contribution is 2.43. The molecule has 4 aromatic rings. The Morgan fingerprint density at radius 1 is 1.03 bits per heavy atom. The van der Waals surface area contributed by atoms with Gasteiger partial charge >= 0.3 is 5.97 Å². The van der Waals surface area contributed by atoms with E-state index in [4.69, 9.17) is 13.9 Å². The minimum absolute atomic E-state index is 0.000121. The second-order valence-electron chi connectivity index (χ2n) is 8.32. The van der Waals surface area contributed by atoms with Gasteiger partial charge in [-0.2, -0.15) is 0 Å². The van der Waals surface area contributed by atoms with Crippen LogP contribution in [0.25, 0.3) is 11.0 Å². The number of carbonyl (C=O) groups excluding carboxylic acids is 2. The van der Waals surface area contributed by atoms with Crippen LogP contribution in [0.4, 0.5) is 10.1 Å². The Balaban J connectivity index is 1.72. The predicted molar refractivity (Wildman–Crippen MR) is 133 cm³/mol. The van der Waals surface area contributed by atoms with Crippen molar-refractivity contribution >= 4 is 28.5 Å². The molecule has 1 unspecified atom stereocenters. The number of phenolic OH excluding ortho intramolecular Hbond substituents is 1. The number of halogens is 1. The lowest BCUT2D eigenvalue weighted by Gasteiger charge is -2.26. The summed E-state index contributed by atoms with van der Waals surface area (Å²) in [6.07, 6.45) is 0. The largest absolute Gasteiger partial charge is 0.504 e. The van der Waals surface area contributed by atoms with E-state index in [-0.39, 0.29) is 47.0 Å². The fourth-order valence-electron chi connectivity index (χ4n) is 4.47. The Bertz CT molecular complexity index is 1590. The van der Waals surface area contributed by atoms with Crippen molar-refractivity contribution in [1.29, 1.82) is 0 Å². The Kier molecular flexibility index (Phi) is 6.12. The zero-order valence-corrected chi connectivity index (χ0v) is 20.0. The van der Waals surface area contributed by atoms with E-state index in [0.717, 1.165) is 12.1 Å². The van der Waals surface area contributed by atoms with Gasteiger partial charge in [0.2, 0.25) is 5.76 Å². The van der Waals surface area contributed by atoms with E-state index >= 15 is 0 Å². The van der Waals surface area contributed by atoms with Crippen LogP contribution in [0.15, 0.2) is 69.9 Å². The lowest BCUT2D eigenvalue weighted by molar-refractivity contribution is 0.0526. The number of ether oxygens (including phenoxy) is 2. The van der Waals surface area contributed by atoms with Crippen LogP contribution in [0.2, 0.25) is 0 Å². The first-order valence-corrected chi connectivity index (χ1v) is 11.7. The van der Waals surface area contributed by atoms with Crippen LogP contribution < -0.4 is 15.1 Å². The maximum Gasteiger partial charge on any atom is 0.338 e. The summed E-state index contributed by atoms with van der Waals surface area (Å²) < 4.78 is 30.4. The summed E-state index contributed by atoms with van der Waals surface area (Å²) >= 11 is 0. The van der Waals surface area contributed by atoms with Gasteiger partial charge in [-0.05, 0) is 74.0 Å². The van der Waals surface area contributed by atoms with Crippen molar-refractivity contribution < 1.29 is 33.0 Å². The molecule has 1 aliphatic rings. The van der Waals surface area contributed by atoms with Gasteiger partial charge in [-0.25, -0.2) is 9.18 Å². The Morgan fingerprint density at radius 2 is 1.78 bits per heavy atom. The van der Waals surface area contributed by atoms with E-state index < -0.39 is 29.2 Å². The number of carbonyl (C=O) groups is 2. The van der Waals surface area contributed by atoms with Gasteiger partial charge in [0, 0.05) is 5.69 Å².